The molecule has 2 heterocycles. The van der Waals surface area contributed by atoms with Crippen LogP contribution in [0.25, 0.3) is 17.0 Å². The molecule has 4 rings (SSSR count). The number of hydrogen-bond acceptors (Lipinski definition) is 4. The fourth-order valence-electron chi connectivity index (χ4n) is 3.74. The van der Waals surface area contributed by atoms with E-state index in [-0.39, 0.29) is 17.7 Å². The Morgan fingerprint density at radius 1 is 1.09 bits per heavy atom. The molecule has 0 aliphatic heterocycles. The molecule has 0 unspecified atom stereocenters. The van der Waals surface area contributed by atoms with E-state index >= 15 is 0 Å². The minimum atomic E-state index is -0.335. The Hall–Kier alpha value is -4.33. The number of halogens is 1. The first-order valence-electron chi connectivity index (χ1n) is 11.3. The van der Waals surface area contributed by atoms with Crippen molar-refractivity contribution in [3.63, 3.8) is 0 Å². The highest BCUT2D eigenvalue weighted by Crippen LogP contribution is 2.20. The lowest BCUT2D eigenvalue weighted by atomic mass is 10.1. The summed E-state index contributed by atoms with van der Waals surface area (Å²) in [6.07, 6.45) is 5.63. The number of aryl methyl sites for hydroxylation is 3. The molecule has 0 aliphatic carbocycles. The summed E-state index contributed by atoms with van der Waals surface area (Å²) in [7, 11) is 0. The first kappa shape index (κ1) is 23.8. The average Bonchev–Trinajstić information content (AvgIpc) is 3.20. The molecule has 178 valence electrons. The van der Waals surface area contributed by atoms with Crippen LogP contribution in [0, 0.1) is 26.6 Å². The van der Waals surface area contributed by atoms with Gasteiger partial charge in [-0.05, 0) is 74.2 Å². The summed E-state index contributed by atoms with van der Waals surface area (Å²) in [5, 5.41) is 6.62. The molecule has 8 heteroatoms. The monoisotopic (exact) mass is 470 g/mol. The topological polar surface area (TPSA) is 95.1 Å². The van der Waals surface area contributed by atoms with Gasteiger partial charge in [-0.2, -0.15) is 0 Å². The number of aromatic amines is 1. The fourth-order valence-corrected chi connectivity index (χ4v) is 3.74. The molecule has 0 saturated heterocycles. The van der Waals surface area contributed by atoms with Gasteiger partial charge in [0.15, 0.2) is 0 Å². The lowest BCUT2D eigenvalue weighted by Crippen LogP contribution is -2.35. The molecular formula is C27H27FN6O. The van der Waals surface area contributed by atoms with E-state index in [1.807, 2.05) is 57.3 Å². The van der Waals surface area contributed by atoms with Gasteiger partial charge >= 0.3 is 0 Å². The second-order valence-electron chi connectivity index (χ2n) is 8.26. The third kappa shape index (κ3) is 6.38. The molecule has 0 atom stereocenters. The molecule has 0 radical (unpaired) electrons. The van der Waals surface area contributed by atoms with Gasteiger partial charge in [0.1, 0.15) is 5.82 Å². The van der Waals surface area contributed by atoms with Crippen LogP contribution >= 0.6 is 0 Å². The van der Waals surface area contributed by atoms with Crippen molar-refractivity contribution in [3.05, 3.63) is 94.7 Å². The van der Waals surface area contributed by atoms with Crippen LogP contribution < -0.4 is 10.6 Å². The lowest BCUT2D eigenvalue weighted by Gasteiger charge is -2.10. The first-order valence-corrected chi connectivity index (χ1v) is 11.3. The summed E-state index contributed by atoms with van der Waals surface area (Å²) in [5.74, 6) is -0.0408. The van der Waals surface area contributed by atoms with Crippen LogP contribution in [0.4, 0.5) is 10.3 Å². The summed E-state index contributed by atoms with van der Waals surface area (Å²) < 4.78 is 13.7. The zero-order valence-electron chi connectivity index (χ0n) is 19.9. The number of nitrogens with zero attached hydrogens (tertiary/aromatic N) is 3. The van der Waals surface area contributed by atoms with Gasteiger partial charge in [0, 0.05) is 41.1 Å². The SMILES string of the molecule is Cc1cc(C)nc(NC(=NCCc2c[nH]c3ccc(F)cc23)NC(=O)/C=C/c2ccccc2C)n1. The highest BCUT2D eigenvalue weighted by atomic mass is 19.1. The van der Waals surface area contributed by atoms with Crippen LogP contribution in [0.15, 0.2) is 65.8 Å². The van der Waals surface area contributed by atoms with E-state index in [1.165, 1.54) is 18.2 Å². The van der Waals surface area contributed by atoms with Gasteiger partial charge in [-0.3, -0.25) is 20.4 Å². The smallest absolute Gasteiger partial charge is 0.250 e. The number of nitrogens with one attached hydrogen (secondary N) is 3. The zero-order valence-corrected chi connectivity index (χ0v) is 19.9. The van der Waals surface area contributed by atoms with Crippen LogP contribution in [0.5, 0.6) is 0 Å². The summed E-state index contributed by atoms with van der Waals surface area (Å²) in [5.41, 5.74) is 5.43. The molecule has 0 fully saturated rings. The van der Waals surface area contributed by atoms with Gasteiger partial charge in [-0.15, -0.1) is 0 Å². The van der Waals surface area contributed by atoms with Crippen LogP contribution in [-0.4, -0.2) is 33.4 Å². The van der Waals surface area contributed by atoms with Gasteiger partial charge in [0.25, 0.3) is 5.91 Å². The van der Waals surface area contributed by atoms with E-state index in [2.05, 4.69) is 30.6 Å². The molecule has 0 saturated carbocycles. The van der Waals surface area contributed by atoms with Crippen LogP contribution in [0.3, 0.4) is 0 Å². The number of benzene rings is 2. The molecule has 2 aromatic carbocycles. The highest BCUT2D eigenvalue weighted by molar-refractivity contribution is 6.08. The molecule has 0 bridgehead atoms. The van der Waals surface area contributed by atoms with E-state index in [9.17, 15) is 9.18 Å². The van der Waals surface area contributed by atoms with Crippen LogP contribution in [0.2, 0.25) is 0 Å². The maximum absolute atomic E-state index is 13.7. The van der Waals surface area contributed by atoms with Crippen LogP contribution in [0.1, 0.15) is 28.1 Å². The summed E-state index contributed by atoms with van der Waals surface area (Å²) in [4.78, 5) is 29.1. The second kappa shape index (κ2) is 10.7. The molecule has 7 nitrogen and oxygen atoms in total. The molecule has 35 heavy (non-hydrogen) atoms. The van der Waals surface area contributed by atoms with Crippen molar-refractivity contribution in [2.75, 3.05) is 11.9 Å². The summed E-state index contributed by atoms with van der Waals surface area (Å²) >= 11 is 0. The number of anilines is 1. The molecule has 3 N–H and O–H groups in total. The maximum atomic E-state index is 13.7. The van der Waals surface area contributed by atoms with E-state index < -0.39 is 0 Å². The van der Waals surface area contributed by atoms with Gasteiger partial charge in [0.05, 0.1) is 0 Å². The number of fused-ring (bicyclic) bond motifs is 1. The largest absolute Gasteiger partial charge is 0.361 e. The number of guanidine groups is 1. The number of carbonyl (C=O) groups is 1. The summed E-state index contributed by atoms with van der Waals surface area (Å²) in [6.45, 7) is 6.09. The van der Waals surface area contributed by atoms with Gasteiger partial charge < -0.3 is 4.98 Å². The van der Waals surface area contributed by atoms with Crippen molar-refractivity contribution in [1.29, 1.82) is 0 Å². The Morgan fingerprint density at radius 3 is 2.63 bits per heavy atom. The number of H-pyrrole nitrogens is 1. The third-order valence-electron chi connectivity index (χ3n) is 5.44. The van der Waals surface area contributed by atoms with Gasteiger partial charge in [-0.25, -0.2) is 14.4 Å². The standard InChI is InChI=1S/C27H27FN6O/c1-17-6-4-5-7-20(17)8-11-25(35)33-26(34-27-31-18(2)14-19(3)32-27)29-13-12-21-16-30-24-10-9-22(28)15-23(21)24/h4-11,14-16,30H,12-13H2,1-3H3,(H2,29,31,32,33,34,35)/b11-8+. The van der Waals surface area contributed by atoms with Gasteiger partial charge in [0.2, 0.25) is 11.9 Å². The quantitative estimate of drug-likeness (QED) is 0.213. The van der Waals surface area contributed by atoms with Crippen molar-refractivity contribution in [1.82, 2.24) is 20.3 Å². The number of carbonyl (C=O) groups excluding carboxylic acids is 1. The normalized spacial score (nSPS) is 11.8. The molecule has 1 amide bonds. The number of aliphatic imine (C=N–C) groups is 1. The minimum Gasteiger partial charge on any atom is -0.361 e. The summed E-state index contributed by atoms with van der Waals surface area (Å²) in [6, 6.07) is 14.3. The van der Waals surface area contributed by atoms with Crippen molar-refractivity contribution in [2.45, 2.75) is 27.2 Å². The molecule has 0 aliphatic rings. The van der Waals surface area contributed by atoms with Crippen molar-refractivity contribution < 1.29 is 9.18 Å². The van der Waals surface area contributed by atoms with E-state index in [0.29, 0.717) is 18.9 Å². The first-order chi connectivity index (χ1) is 16.9. The Morgan fingerprint density at radius 2 is 1.86 bits per heavy atom. The fraction of sp³-hybridized carbons (Fsp3) is 0.185. The Labute approximate surface area is 203 Å². The Bertz CT molecular complexity index is 1400. The lowest BCUT2D eigenvalue weighted by molar-refractivity contribution is -0.115. The highest BCUT2D eigenvalue weighted by Gasteiger charge is 2.09. The Balaban J connectivity index is 1.51. The molecular weight excluding hydrogens is 443 g/mol. The predicted molar refractivity (Wildman–Crippen MR) is 138 cm³/mol. The van der Waals surface area contributed by atoms with E-state index in [1.54, 1.807) is 12.1 Å². The van der Waals surface area contributed by atoms with Crippen LogP contribution in [-0.2, 0) is 11.2 Å². The van der Waals surface area contributed by atoms with Crippen molar-refractivity contribution in [2.24, 2.45) is 4.99 Å². The number of rotatable bonds is 6. The number of aromatic nitrogens is 3. The Kier molecular flexibility index (Phi) is 7.30. The molecule has 0 spiro atoms. The predicted octanol–water partition coefficient (Wildman–Crippen LogP) is 4.86. The third-order valence-corrected chi connectivity index (χ3v) is 5.44. The average molecular weight is 471 g/mol. The van der Waals surface area contributed by atoms with Crippen molar-refractivity contribution >= 4 is 34.8 Å². The van der Waals surface area contributed by atoms with Gasteiger partial charge in [-0.1, -0.05) is 24.3 Å². The van der Waals surface area contributed by atoms with E-state index in [4.69, 9.17) is 0 Å². The molecule has 2 aromatic heterocycles. The van der Waals surface area contributed by atoms with E-state index in [0.717, 1.165) is 39.0 Å². The maximum Gasteiger partial charge on any atom is 0.250 e. The number of amides is 1. The number of hydrogen-bond donors (Lipinski definition) is 3. The molecule has 4 aromatic rings. The second-order valence-corrected chi connectivity index (χ2v) is 8.26. The zero-order chi connectivity index (χ0) is 24.8. The minimum absolute atomic E-state index is 0.237. The van der Waals surface area contributed by atoms with Crippen molar-refractivity contribution in [3.8, 4) is 0 Å².